The molecule has 25 heavy (non-hydrogen) atoms. The van der Waals surface area contributed by atoms with Gasteiger partial charge in [-0.25, -0.2) is 5.48 Å². The summed E-state index contributed by atoms with van der Waals surface area (Å²) in [5, 5.41) is 15.7. The van der Waals surface area contributed by atoms with Gasteiger partial charge in [0.05, 0.1) is 5.54 Å². The highest BCUT2D eigenvalue weighted by atomic mass is 16.5. The fraction of sp³-hybridized carbons (Fsp3) is 0.250. The molecule has 1 fully saturated rings. The maximum Gasteiger partial charge on any atom is 0.267 e. The molecule has 1 amide bonds. The van der Waals surface area contributed by atoms with E-state index >= 15 is 0 Å². The molecule has 1 aliphatic heterocycles. The molecule has 0 spiro atoms. The van der Waals surface area contributed by atoms with Gasteiger partial charge in [-0.3, -0.25) is 10.0 Å². The van der Waals surface area contributed by atoms with Gasteiger partial charge in [-0.2, -0.15) is 0 Å². The molecule has 1 atom stereocenters. The number of anilines is 1. The van der Waals surface area contributed by atoms with Crippen LogP contribution in [-0.2, 0) is 11.2 Å². The summed E-state index contributed by atoms with van der Waals surface area (Å²) in [6, 6.07) is 18.5. The van der Waals surface area contributed by atoms with Crippen molar-refractivity contribution in [3.8, 4) is 0 Å². The average Bonchev–Trinajstić information content (AvgIpc) is 3.09. The zero-order chi connectivity index (χ0) is 17.5. The van der Waals surface area contributed by atoms with Gasteiger partial charge in [0.1, 0.15) is 0 Å². The van der Waals surface area contributed by atoms with E-state index in [0.717, 1.165) is 37.2 Å². The van der Waals surface area contributed by atoms with Crippen LogP contribution in [0.2, 0.25) is 0 Å². The van der Waals surface area contributed by atoms with Gasteiger partial charge in [0, 0.05) is 18.3 Å². The minimum absolute atomic E-state index is 0.00941. The van der Waals surface area contributed by atoms with Crippen LogP contribution < -0.4 is 16.1 Å². The smallest absolute Gasteiger partial charge is 0.267 e. The van der Waals surface area contributed by atoms with Crippen molar-refractivity contribution in [1.82, 2.24) is 10.8 Å². The van der Waals surface area contributed by atoms with E-state index in [4.69, 9.17) is 5.21 Å². The zero-order valence-electron chi connectivity index (χ0n) is 14.0. The Balaban J connectivity index is 1.70. The van der Waals surface area contributed by atoms with Crippen LogP contribution in [0.3, 0.4) is 0 Å². The van der Waals surface area contributed by atoms with E-state index in [1.165, 1.54) is 11.6 Å². The molecule has 3 rings (SSSR count). The Bertz CT molecular complexity index is 720. The summed E-state index contributed by atoms with van der Waals surface area (Å²) in [5.74, 6) is -0.541. The number of carbonyl (C=O) groups excluding carboxylic acids is 1. The second kappa shape index (κ2) is 7.96. The van der Waals surface area contributed by atoms with Crippen molar-refractivity contribution in [2.24, 2.45) is 0 Å². The molecule has 1 aliphatic rings. The number of rotatable bonds is 6. The molecule has 130 valence electrons. The quantitative estimate of drug-likeness (QED) is 0.371. The molecule has 5 heteroatoms. The summed E-state index contributed by atoms with van der Waals surface area (Å²) in [6.45, 7) is 1.94. The number of amides is 1. The van der Waals surface area contributed by atoms with Crippen molar-refractivity contribution < 1.29 is 10.0 Å². The number of nitrogens with one attached hydrogen (secondary N) is 3. The van der Waals surface area contributed by atoms with E-state index < -0.39 is 5.91 Å². The summed E-state index contributed by atoms with van der Waals surface area (Å²) in [6.07, 6.45) is 4.99. The van der Waals surface area contributed by atoms with Crippen molar-refractivity contribution in [2.45, 2.75) is 18.4 Å². The van der Waals surface area contributed by atoms with Gasteiger partial charge in [0.2, 0.25) is 0 Å². The Labute approximate surface area is 147 Å². The summed E-state index contributed by atoms with van der Waals surface area (Å²) >= 11 is 0. The molecular formula is C20H23N3O2. The molecule has 4 N–H and O–H groups in total. The zero-order valence-corrected chi connectivity index (χ0v) is 14.0. The maximum absolute atomic E-state index is 11.0. The lowest BCUT2D eigenvalue weighted by atomic mass is 9.89. The normalized spacial score (nSPS) is 19.9. The molecular weight excluding hydrogens is 314 g/mol. The van der Waals surface area contributed by atoms with Gasteiger partial charge in [-0.1, -0.05) is 42.5 Å². The standard InChI is InChI=1S/C20H23N3O2/c24-19(23-25)11-8-16-6-9-18(10-7-16)22-20(12-13-21-15-20)14-17-4-2-1-3-5-17/h1-11,21-22,25H,12-15H2,(H,23,24)/b11-8+/t20-/m0/s1. The van der Waals surface area contributed by atoms with Crippen molar-refractivity contribution in [3.05, 3.63) is 71.8 Å². The van der Waals surface area contributed by atoms with Crippen LogP contribution in [0.5, 0.6) is 0 Å². The van der Waals surface area contributed by atoms with E-state index in [9.17, 15) is 4.79 Å². The van der Waals surface area contributed by atoms with Gasteiger partial charge in [0.15, 0.2) is 0 Å². The van der Waals surface area contributed by atoms with Crippen LogP contribution >= 0.6 is 0 Å². The van der Waals surface area contributed by atoms with Gasteiger partial charge < -0.3 is 10.6 Å². The number of carbonyl (C=O) groups is 1. The summed E-state index contributed by atoms with van der Waals surface area (Å²) < 4.78 is 0. The molecule has 0 saturated carbocycles. The van der Waals surface area contributed by atoms with E-state index in [2.05, 4.69) is 34.9 Å². The topological polar surface area (TPSA) is 73.4 Å². The van der Waals surface area contributed by atoms with Crippen molar-refractivity contribution in [1.29, 1.82) is 0 Å². The molecule has 0 unspecified atom stereocenters. The van der Waals surface area contributed by atoms with Gasteiger partial charge in [0.25, 0.3) is 5.91 Å². The molecule has 2 aromatic carbocycles. The largest absolute Gasteiger partial charge is 0.378 e. The first-order valence-electron chi connectivity index (χ1n) is 8.44. The highest BCUT2D eigenvalue weighted by molar-refractivity contribution is 5.90. The second-order valence-electron chi connectivity index (χ2n) is 6.43. The third kappa shape index (κ3) is 4.68. The first-order valence-corrected chi connectivity index (χ1v) is 8.44. The van der Waals surface area contributed by atoms with E-state index in [1.807, 2.05) is 30.3 Å². The molecule has 1 saturated heterocycles. The van der Waals surface area contributed by atoms with Crippen molar-refractivity contribution >= 4 is 17.7 Å². The van der Waals surface area contributed by atoms with Crippen LogP contribution in [0.15, 0.2) is 60.7 Å². The fourth-order valence-corrected chi connectivity index (χ4v) is 3.23. The molecule has 0 radical (unpaired) electrons. The number of hydrogen-bond donors (Lipinski definition) is 4. The monoisotopic (exact) mass is 337 g/mol. The van der Waals surface area contributed by atoms with Gasteiger partial charge >= 0.3 is 0 Å². The van der Waals surface area contributed by atoms with Crippen molar-refractivity contribution in [3.63, 3.8) is 0 Å². The van der Waals surface area contributed by atoms with Gasteiger partial charge in [-0.15, -0.1) is 0 Å². The average molecular weight is 337 g/mol. The third-order valence-electron chi connectivity index (χ3n) is 4.49. The predicted molar refractivity (Wildman–Crippen MR) is 99.4 cm³/mol. The number of benzene rings is 2. The highest BCUT2D eigenvalue weighted by Gasteiger charge is 2.33. The van der Waals surface area contributed by atoms with E-state index in [1.54, 1.807) is 11.6 Å². The SMILES string of the molecule is O=C(/C=C/c1ccc(N[C@]2(Cc3ccccc3)CCNC2)cc1)NO. The molecule has 0 aromatic heterocycles. The first-order chi connectivity index (χ1) is 12.2. The van der Waals surface area contributed by atoms with Gasteiger partial charge in [-0.05, 0) is 48.7 Å². The maximum atomic E-state index is 11.0. The lowest BCUT2D eigenvalue weighted by Crippen LogP contribution is -2.42. The third-order valence-corrected chi connectivity index (χ3v) is 4.49. The van der Waals surface area contributed by atoms with E-state index in [-0.39, 0.29) is 5.54 Å². The minimum Gasteiger partial charge on any atom is -0.378 e. The molecule has 0 bridgehead atoms. The lowest BCUT2D eigenvalue weighted by molar-refractivity contribution is -0.124. The molecule has 5 nitrogen and oxygen atoms in total. The number of hydroxylamine groups is 1. The Morgan fingerprint density at radius 1 is 1.16 bits per heavy atom. The van der Waals surface area contributed by atoms with Crippen LogP contribution in [0, 0.1) is 0 Å². The summed E-state index contributed by atoms with van der Waals surface area (Å²) in [7, 11) is 0. The predicted octanol–water partition coefficient (Wildman–Crippen LogP) is 2.59. The summed E-state index contributed by atoms with van der Waals surface area (Å²) in [4.78, 5) is 11.0. The van der Waals surface area contributed by atoms with Crippen LogP contribution in [0.25, 0.3) is 6.08 Å². The minimum atomic E-state index is -0.541. The van der Waals surface area contributed by atoms with Crippen LogP contribution in [0.1, 0.15) is 17.5 Å². The fourth-order valence-electron chi connectivity index (χ4n) is 3.23. The second-order valence-corrected chi connectivity index (χ2v) is 6.43. The Morgan fingerprint density at radius 3 is 2.56 bits per heavy atom. The Kier molecular flexibility index (Phi) is 5.48. The molecule has 0 aliphatic carbocycles. The van der Waals surface area contributed by atoms with E-state index in [0.29, 0.717) is 0 Å². The first kappa shape index (κ1) is 17.2. The Hall–Kier alpha value is -2.63. The van der Waals surface area contributed by atoms with Crippen molar-refractivity contribution in [2.75, 3.05) is 18.4 Å². The number of hydrogen-bond acceptors (Lipinski definition) is 4. The van der Waals surface area contributed by atoms with Crippen LogP contribution in [0.4, 0.5) is 5.69 Å². The Morgan fingerprint density at radius 2 is 1.92 bits per heavy atom. The molecule has 2 aromatic rings. The van der Waals surface area contributed by atoms with Crippen LogP contribution in [-0.4, -0.2) is 29.7 Å². The lowest BCUT2D eigenvalue weighted by Gasteiger charge is -2.31. The summed E-state index contributed by atoms with van der Waals surface area (Å²) in [5.41, 5.74) is 4.87. The highest BCUT2D eigenvalue weighted by Crippen LogP contribution is 2.26. The molecule has 1 heterocycles.